The van der Waals surface area contributed by atoms with Gasteiger partial charge in [-0.1, -0.05) is 42.5 Å². The minimum absolute atomic E-state index is 0.00664. The van der Waals surface area contributed by atoms with Gasteiger partial charge in [0.25, 0.3) is 0 Å². The van der Waals surface area contributed by atoms with Crippen molar-refractivity contribution in [2.75, 3.05) is 18.5 Å². The van der Waals surface area contributed by atoms with Gasteiger partial charge in [0, 0.05) is 12.7 Å². The average Bonchev–Trinajstić information content (AvgIpc) is 3.28. The maximum absolute atomic E-state index is 12.3. The SMILES string of the molecule is O=C(Nc1ccnn1Cc1cccc2ccccc12)C1CCOC1. The van der Waals surface area contributed by atoms with Gasteiger partial charge in [-0.3, -0.25) is 4.79 Å². The third-order valence-electron chi connectivity index (χ3n) is 4.47. The van der Waals surface area contributed by atoms with Crippen molar-refractivity contribution >= 4 is 22.5 Å². The number of anilines is 1. The van der Waals surface area contributed by atoms with Crippen molar-refractivity contribution in [1.82, 2.24) is 9.78 Å². The Morgan fingerprint density at radius 2 is 2.08 bits per heavy atom. The lowest BCUT2D eigenvalue weighted by Crippen LogP contribution is -2.24. The van der Waals surface area contributed by atoms with Gasteiger partial charge in [-0.25, -0.2) is 4.68 Å². The summed E-state index contributed by atoms with van der Waals surface area (Å²) in [5.74, 6) is 0.665. The summed E-state index contributed by atoms with van der Waals surface area (Å²) in [4.78, 5) is 12.3. The van der Waals surface area contributed by atoms with Crippen LogP contribution in [0.5, 0.6) is 0 Å². The number of carbonyl (C=O) groups is 1. The Morgan fingerprint density at radius 1 is 1.21 bits per heavy atom. The summed E-state index contributed by atoms with van der Waals surface area (Å²) in [6.45, 7) is 1.78. The van der Waals surface area contributed by atoms with Gasteiger partial charge >= 0.3 is 0 Å². The van der Waals surface area contributed by atoms with E-state index in [9.17, 15) is 4.79 Å². The molecule has 5 heteroatoms. The molecule has 1 fully saturated rings. The van der Waals surface area contributed by atoms with E-state index in [4.69, 9.17) is 4.74 Å². The molecule has 1 amide bonds. The van der Waals surface area contributed by atoms with E-state index in [1.165, 1.54) is 16.3 Å². The first kappa shape index (κ1) is 14.9. The molecule has 2 aromatic carbocycles. The Labute approximate surface area is 140 Å². The summed E-state index contributed by atoms with van der Waals surface area (Å²) < 4.78 is 7.12. The minimum atomic E-state index is -0.0640. The van der Waals surface area contributed by atoms with E-state index in [1.54, 1.807) is 6.20 Å². The molecule has 4 rings (SSSR count). The molecule has 2 heterocycles. The van der Waals surface area contributed by atoms with Crippen LogP contribution in [0.4, 0.5) is 5.82 Å². The van der Waals surface area contributed by atoms with E-state index in [0.717, 1.165) is 12.2 Å². The predicted molar refractivity (Wildman–Crippen MR) is 92.8 cm³/mol. The van der Waals surface area contributed by atoms with Crippen LogP contribution in [0.25, 0.3) is 10.8 Å². The second-order valence-electron chi connectivity index (χ2n) is 6.06. The molecular formula is C19H19N3O2. The van der Waals surface area contributed by atoms with E-state index in [2.05, 4.69) is 40.7 Å². The summed E-state index contributed by atoms with van der Waals surface area (Å²) in [6, 6.07) is 16.4. The third-order valence-corrected chi connectivity index (χ3v) is 4.47. The summed E-state index contributed by atoms with van der Waals surface area (Å²) in [5.41, 5.74) is 1.18. The van der Waals surface area contributed by atoms with Crippen LogP contribution in [-0.4, -0.2) is 28.9 Å². The number of nitrogens with one attached hydrogen (secondary N) is 1. The normalized spacial score (nSPS) is 17.2. The zero-order valence-electron chi connectivity index (χ0n) is 13.3. The van der Waals surface area contributed by atoms with Crippen LogP contribution < -0.4 is 5.32 Å². The Balaban J connectivity index is 1.57. The lowest BCUT2D eigenvalue weighted by atomic mass is 10.0. The fraction of sp³-hybridized carbons (Fsp3) is 0.263. The first-order valence-electron chi connectivity index (χ1n) is 8.18. The molecule has 0 saturated carbocycles. The fourth-order valence-corrected chi connectivity index (χ4v) is 3.13. The first-order chi connectivity index (χ1) is 11.8. The van der Waals surface area contributed by atoms with Crippen LogP contribution in [0.1, 0.15) is 12.0 Å². The highest BCUT2D eigenvalue weighted by Gasteiger charge is 2.24. The van der Waals surface area contributed by atoms with Gasteiger partial charge in [-0.05, 0) is 22.8 Å². The van der Waals surface area contributed by atoms with Crippen LogP contribution >= 0.6 is 0 Å². The zero-order chi connectivity index (χ0) is 16.4. The molecule has 122 valence electrons. The average molecular weight is 321 g/mol. The molecule has 0 spiro atoms. The minimum Gasteiger partial charge on any atom is -0.381 e. The third kappa shape index (κ3) is 2.90. The number of hydrogen-bond acceptors (Lipinski definition) is 3. The summed E-state index contributed by atoms with van der Waals surface area (Å²) >= 11 is 0. The van der Waals surface area contributed by atoms with E-state index in [0.29, 0.717) is 19.8 Å². The molecule has 0 bridgehead atoms. The second-order valence-corrected chi connectivity index (χ2v) is 6.06. The monoisotopic (exact) mass is 321 g/mol. The summed E-state index contributed by atoms with van der Waals surface area (Å²) in [7, 11) is 0. The Morgan fingerprint density at radius 3 is 2.96 bits per heavy atom. The fourth-order valence-electron chi connectivity index (χ4n) is 3.13. The number of benzene rings is 2. The van der Waals surface area contributed by atoms with Crippen LogP contribution in [0.3, 0.4) is 0 Å². The number of hydrogen-bond donors (Lipinski definition) is 1. The van der Waals surface area contributed by atoms with Gasteiger partial charge in [-0.15, -0.1) is 0 Å². The van der Waals surface area contributed by atoms with E-state index in [1.807, 2.05) is 22.9 Å². The summed E-state index contributed by atoms with van der Waals surface area (Å²) in [5, 5.41) is 9.76. The molecule has 1 N–H and O–H groups in total. The molecule has 1 aliphatic rings. The first-order valence-corrected chi connectivity index (χ1v) is 8.18. The van der Waals surface area contributed by atoms with Gasteiger partial charge in [0.1, 0.15) is 5.82 Å². The number of rotatable bonds is 4. The molecule has 3 aromatic rings. The smallest absolute Gasteiger partial charge is 0.231 e. The maximum Gasteiger partial charge on any atom is 0.231 e. The number of ether oxygens (including phenoxy) is 1. The zero-order valence-corrected chi connectivity index (χ0v) is 13.3. The van der Waals surface area contributed by atoms with Crippen molar-refractivity contribution in [3.8, 4) is 0 Å². The Kier molecular flexibility index (Phi) is 4.01. The van der Waals surface area contributed by atoms with Gasteiger partial charge in [-0.2, -0.15) is 5.10 Å². The molecule has 5 nitrogen and oxygen atoms in total. The Hall–Kier alpha value is -2.66. The Bertz CT molecular complexity index is 860. The molecule has 24 heavy (non-hydrogen) atoms. The van der Waals surface area contributed by atoms with Crippen molar-refractivity contribution in [2.45, 2.75) is 13.0 Å². The van der Waals surface area contributed by atoms with E-state index in [-0.39, 0.29) is 11.8 Å². The van der Waals surface area contributed by atoms with Gasteiger partial charge < -0.3 is 10.1 Å². The molecule has 1 aromatic heterocycles. The second kappa shape index (κ2) is 6.45. The predicted octanol–water partition coefficient (Wildman–Crippen LogP) is 3.06. The van der Waals surface area contributed by atoms with Crippen molar-refractivity contribution in [2.24, 2.45) is 5.92 Å². The van der Waals surface area contributed by atoms with Crippen molar-refractivity contribution in [3.05, 3.63) is 60.3 Å². The molecule has 1 unspecified atom stereocenters. The largest absolute Gasteiger partial charge is 0.381 e. The highest BCUT2D eigenvalue weighted by atomic mass is 16.5. The molecular weight excluding hydrogens is 302 g/mol. The van der Waals surface area contributed by atoms with Crippen molar-refractivity contribution < 1.29 is 9.53 Å². The van der Waals surface area contributed by atoms with E-state index >= 15 is 0 Å². The highest BCUT2D eigenvalue weighted by Crippen LogP contribution is 2.21. The standard InChI is InChI=1S/C19H19N3O2/c23-19(16-9-11-24-13-16)21-18-8-10-20-22(18)12-15-6-3-5-14-4-1-2-7-17(14)15/h1-8,10,16H,9,11-13H2,(H,21,23). The molecule has 1 aliphatic heterocycles. The number of nitrogens with zero attached hydrogens (tertiary/aromatic N) is 2. The molecule has 0 radical (unpaired) electrons. The van der Waals surface area contributed by atoms with Gasteiger partial charge in [0.2, 0.25) is 5.91 Å². The van der Waals surface area contributed by atoms with Crippen molar-refractivity contribution in [1.29, 1.82) is 0 Å². The maximum atomic E-state index is 12.3. The number of carbonyl (C=O) groups excluding carboxylic acids is 1. The molecule has 1 saturated heterocycles. The lowest BCUT2D eigenvalue weighted by molar-refractivity contribution is -0.119. The molecule has 0 aliphatic carbocycles. The number of fused-ring (bicyclic) bond motifs is 1. The van der Waals surface area contributed by atoms with Crippen LogP contribution in [0.2, 0.25) is 0 Å². The van der Waals surface area contributed by atoms with Gasteiger partial charge in [0.05, 0.1) is 25.3 Å². The molecule has 1 atom stereocenters. The highest BCUT2D eigenvalue weighted by molar-refractivity contribution is 5.92. The van der Waals surface area contributed by atoms with Gasteiger partial charge in [0.15, 0.2) is 0 Å². The van der Waals surface area contributed by atoms with E-state index < -0.39 is 0 Å². The van der Waals surface area contributed by atoms with Crippen LogP contribution in [0.15, 0.2) is 54.7 Å². The van der Waals surface area contributed by atoms with Crippen LogP contribution in [0, 0.1) is 5.92 Å². The van der Waals surface area contributed by atoms with Crippen molar-refractivity contribution in [3.63, 3.8) is 0 Å². The number of amides is 1. The topological polar surface area (TPSA) is 56.2 Å². The number of aromatic nitrogens is 2. The summed E-state index contributed by atoms with van der Waals surface area (Å²) in [6.07, 6.45) is 2.50. The van der Waals surface area contributed by atoms with Crippen LogP contribution in [-0.2, 0) is 16.1 Å². The lowest BCUT2D eigenvalue weighted by Gasteiger charge is -2.13. The quantitative estimate of drug-likeness (QED) is 0.803.